The molecule has 0 saturated heterocycles. The van der Waals surface area contributed by atoms with Crippen molar-refractivity contribution in [2.75, 3.05) is 7.11 Å². The van der Waals surface area contributed by atoms with Crippen molar-refractivity contribution in [1.29, 1.82) is 0 Å². The van der Waals surface area contributed by atoms with Crippen LogP contribution in [0.25, 0.3) is 10.8 Å². The lowest BCUT2D eigenvalue weighted by molar-refractivity contribution is 0.309. The molecule has 3 rings (SSSR count). The van der Waals surface area contributed by atoms with Gasteiger partial charge in [0.15, 0.2) is 0 Å². The number of benzene rings is 3. The van der Waals surface area contributed by atoms with Gasteiger partial charge in [0, 0.05) is 0 Å². The second kappa shape index (κ2) is 6.40. The molecule has 3 aromatic rings. The van der Waals surface area contributed by atoms with E-state index in [1.807, 2.05) is 42.5 Å². The standard InChI is InChI=1S/C18H16O4S/c1-21-16-9-11-17(12-10-16)23(19,20)22-13-15-7-4-6-14-5-2-3-8-18(14)15/h2-12H,13H2,1H3. The summed E-state index contributed by atoms with van der Waals surface area (Å²) in [5.74, 6) is 0.595. The predicted molar refractivity (Wildman–Crippen MR) is 88.9 cm³/mol. The second-order valence-corrected chi connectivity index (χ2v) is 6.65. The third kappa shape index (κ3) is 3.36. The highest BCUT2D eigenvalue weighted by atomic mass is 32.2. The Morgan fingerprint density at radius 2 is 1.57 bits per heavy atom. The van der Waals surface area contributed by atoms with Gasteiger partial charge in [-0.3, -0.25) is 4.18 Å². The van der Waals surface area contributed by atoms with Crippen molar-refractivity contribution in [3.63, 3.8) is 0 Å². The van der Waals surface area contributed by atoms with Gasteiger partial charge in [0.05, 0.1) is 18.6 Å². The quantitative estimate of drug-likeness (QED) is 0.669. The molecule has 0 radical (unpaired) electrons. The van der Waals surface area contributed by atoms with E-state index in [-0.39, 0.29) is 11.5 Å². The summed E-state index contributed by atoms with van der Waals surface area (Å²) in [5.41, 5.74) is 0.834. The zero-order valence-electron chi connectivity index (χ0n) is 12.6. The monoisotopic (exact) mass is 328 g/mol. The molecule has 4 nitrogen and oxygen atoms in total. The summed E-state index contributed by atoms with van der Waals surface area (Å²) in [6, 6.07) is 19.7. The van der Waals surface area contributed by atoms with Gasteiger partial charge in [0.25, 0.3) is 10.1 Å². The molecule has 0 N–H and O–H groups in total. The van der Waals surface area contributed by atoms with E-state index >= 15 is 0 Å². The van der Waals surface area contributed by atoms with Crippen molar-refractivity contribution < 1.29 is 17.3 Å². The first kappa shape index (κ1) is 15.5. The van der Waals surface area contributed by atoms with Crippen molar-refractivity contribution >= 4 is 20.9 Å². The highest BCUT2D eigenvalue weighted by molar-refractivity contribution is 7.86. The summed E-state index contributed by atoms with van der Waals surface area (Å²) in [4.78, 5) is 0.110. The highest BCUT2D eigenvalue weighted by Gasteiger charge is 2.16. The molecule has 0 heterocycles. The number of rotatable bonds is 5. The van der Waals surface area contributed by atoms with E-state index in [0.29, 0.717) is 5.75 Å². The topological polar surface area (TPSA) is 52.6 Å². The Morgan fingerprint density at radius 3 is 2.30 bits per heavy atom. The summed E-state index contributed by atoms with van der Waals surface area (Å²) < 4.78 is 34.8. The summed E-state index contributed by atoms with van der Waals surface area (Å²) in [7, 11) is -2.28. The van der Waals surface area contributed by atoms with E-state index in [1.165, 1.54) is 19.2 Å². The minimum atomic E-state index is -3.81. The minimum absolute atomic E-state index is 0.00425. The van der Waals surface area contributed by atoms with Gasteiger partial charge in [-0.25, -0.2) is 0 Å². The summed E-state index contributed by atoms with van der Waals surface area (Å²) >= 11 is 0. The predicted octanol–water partition coefficient (Wildman–Crippen LogP) is 3.75. The van der Waals surface area contributed by atoms with Crippen molar-refractivity contribution in [2.24, 2.45) is 0 Å². The van der Waals surface area contributed by atoms with Crippen LogP contribution in [0.3, 0.4) is 0 Å². The molecule has 0 amide bonds. The zero-order chi connectivity index (χ0) is 16.3. The minimum Gasteiger partial charge on any atom is -0.497 e. The van der Waals surface area contributed by atoms with Crippen LogP contribution in [-0.4, -0.2) is 15.5 Å². The Bertz CT molecular complexity index is 910. The fourth-order valence-corrected chi connectivity index (χ4v) is 3.26. The summed E-state index contributed by atoms with van der Waals surface area (Å²) in [6.07, 6.45) is 0. The molecule has 0 fully saturated rings. The lowest BCUT2D eigenvalue weighted by atomic mass is 10.1. The maximum atomic E-state index is 12.3. The molecule has 118 valence electrons. The van der Waals surface area contributed by atoms with Crippen molar-refractivity contribution in [3.05, 3.63) is 72.3 Å². The third-order valence-electron chi connectivity index (χ3n) is 3.60. The lowest BCUT2D eigenvalue weighted by Gasteiger charge is -2.09. The second-order valence-electron chi connectivity index (χ2n) is 5.03. The van der Waals surface area contributed by atoms with Crippen molar-refractivity contribution in [2.45, 2.75) is 11.5 Å². The molecule has 0 aliphatic heterocycles. The lowest BCUT2D eigenvalue weighted by Crippen LogP contribution is -2.06. The molecule has 23 heavy (non-hydrogen) atoms. The van der Waals surface area contributed by atoms with Crippen LogP contribution in [0, 0.1) is 0 Å². The van der Waals surface area contributed by atoms with E-state index in [4.69, 9.17) is 8.92 Å². The van der Waals surface area contributed by atoms with Crippen LogP contribution in [0.4, 0.5) is 0 Å². The Kier molecular flexibility index (Phi) is 4.32. The zero-order valence-corrected chi connectivity index (χ0v) is 13.4. The number of hydrogen-bond acceptors (Lipinski definition) is 4. The van der Waals surface area contributed by atoms with Gasteiger partial charge in [-0.05, 0) is 40.6 Å². The molecule has 0 spiro atoms. The van der Waals surface area contributed by atoms with Crippen LogP contribution in [0.15, 0.2) is 71.6 Å². The van der Waals surface area contributed by atoms with E-state index < -0.39 is 10.1 Å². The largest absolute Gasteiger partial charge is 0.497 e. The first-order valence-corrected chi connectivity index (χ1v) is 8.51. The first-order chi connectivity index (χ1) is 11.1. The van der Waals surface area contributed by atoms with Gasteiger partial charge in [0.1, 0.15) is 5.75 Å². The van der Waals surface area contributed by atoms with Gasteiger partial charge < -0.3 is 4.74 Å². The van der Waals surface area contributed by atoms with E-state index in [1.54, 1.807) is 12.1 Å². The molecule has 0 unspecified atom stereocenters. The Morgan fingerprint density at radius 1 is 0.870 bits per heavy atom. The molecule has 0 aliphatic rings. The van der Waals surface area contributed by atoms with Gasteiger partial charge in [0.2, 0.25) is 0 Å². The molecule has 0 saturated carbocycles. The van der Waals surface area contributed by atoms with Gasteiger partial charge in [-0.1, -0.05) is 42.5 Å². The fourth-order valence-electron chi connectivity index (χ4n) is 2.37. The number of methoxy groups -OCH3 is 1. The van der Waals surface area contributed by atoms with Crippen LogP contribution in [-0.2, 0) is 20.9 Å². The summed E-state index contributed by atoms with van der Waals surface area (Å²) in [6.45, 7) is -0.00425. The Hall–Kier alpha value is -2.37. The first-order valence-electron chi connectivity index (χ1n) is 7.10. The van der Waals surface area contributed by atoms with Gasteiger partial charge in [-0.2, -0.15) is 8.42 Å². The molecule has 0 atom stereocenters. The Labute approximate surface area is 135 Å². The van der Waals surface area contributed by atoms with Crippen molar-refractivity contribution in [3.8, 4) is 5.75 Å². The average Bonchev–Trinajstić information content (AvgIpc) is 2.60. The molecular weight excluding hydrogens is 312 g/mol. The number of hydrogen-bond donors (Lipinski definition) is 0. The average molecular weight is 328 g/mol. The van der Waals surface area contributed by atoms with Crippen LogP contribution in [0.1, 0.15) is 5.56 Å². The van der Waals surface area contributed by atoms with Gasteiger partial charge >= 0.3 is 0 Å². The summed E-state index contributed by atoms with van der Waals surface area (Å²) in [5, 5.41) is 2.04. The maximum Gasteiger partial charge on any atom is 0.297 e. The molecule has 0 aromatic heterocycles. The van der Waals surface area contributed by atoms with Gasteiger partial charge in [-0.15, -0.1) is 0 Å². The van der Waals surface area contributed by atoms with Crippen LogP contribution in [0.5, 0.6) is 5.75 Å². The third-order valence-corrected chi connectivity index (χ3v) is 4.88. The normalized spacial score (nSPS) is 11.5. The maximum absolute atomic E-state index is 12.3. The Balaban J connectivity index is 1.83. The van der Waals surface area contributed by atoms with Crippen LogP contribution in [0.2, 0.25) is 0 Å². The molecular formula is C18H16O4S. The highest BCUT2D eigenvalue weighted by Crippen LogP contribution is 2.22. The number of ether oxygens (including phenoxy) is 1. The fraction of sp³-hybridized carbons (Fsp3) is 0.111. The van der Waals surface area contributed by atoms with E-state index in [0.717, 1.165) is 16.3 Å². The molecule has 5 heteroatoms. The SMILES string of the molecule is COc1ccc(S(=O)(=O)OCc2cccc3ccccc23)cc1. The molecule has 0 bridgehead atoms. The smallest absolute Gasteiger partial charge is 0.297 e. The molecule has 3 aromatic carbocycles. The van der Waals surface area contributed by atoms with Crippen LogP contribution < -0.4 is 4.74 Å². The van der Waals surface area contributed by atoms with E-state index in [9.17, 15) is 8.42 Å². The molecule has 0 aliphatic carbocycles. The number of fused-ring (bicyclic) bond motifs is 1. The van der Waals surface area contributed by atoms with E-state index in [2.05, 4.69) is 0 Å². The van der Waals surface area contributed by atoms with Crippen LogP contribution >= 0.6 is 0 Å². The van der Waals surface area contributed by atoms with Crippen molar-refractivity contribution in [1.82, 2.24) is 0 Å².